The van der Waals surface area contributed by atoms with Crippen molar-refractivity contribution in [2.24, 2.45) is 5.41 Å². The van der Waals surface area contributed by atoms with Crippen LogP contribution < -0.4 is 56.5 Å². The molecule has 0 aliphatic carbocycles. The zero-order chi connectivity index (χ0) is 17.0. The van der Waals surface area contributed by atoms with Gasteiger partial charge in [-0.15, -0.1) is 11.3 Å². The maximum absolute atomic E-state index is 11.5. The van der Waals surface area contributed by atoms with Crippen LogP contribution in [0.2, 0.25) is 0 Å². The van der Waals surface area contributed by atoms with Crippen LogP contribution in [0.4, 0.5) is 0 Å². The fourth-order valence-electron chi connectivity index (χ4n) is 3.38. The van der Waals surface area contributed by atoms with E-state index in [-0.39, 0.29) is 58.0 Å². The normalized spacial score (nSPS) is 17.0. The summed E-state index contributed by atoms with van der Waals surface area (Å²) in [4.78, 5) is 15.0. The first kappa shape index (κ1) is 21.2. The van der Waals surface area contributed by atoms with Crippen LogP contribution >= 0.6 is 11.3 Å². The number of nitrogens with zero attached hydrogens (tertiary/aromatic N) is 1. The first-order valence-electron chi connectivity index (χ1n) is 8.30. The SMILES string of the molecule is O=C([O-])C1(CCO)CCN(Cc2csc(-c3ccccc3)c2)CC1.[K+]. The van der Waals surface area contributed by atoms with Gasteiger partial charge in [0.05, 0.1) is 0 Å². The Morgan fingerprint density at radius 3 is 2.52 bits per heavy atom. The maximum atomic E-state index is 11.5. The van der Waals surface area contributed by atoms with E-state index in [0.717, 1.165) is 19.6 Å². The van der Waals surface area contributed by atoms with Crippen molar-refractivity contribution in [3.8, 4) is 10.4 Å². The number of carboxylic acids is 1. The third-order valence-electron chi connectivity index (χ3n) is 4.95. The number of carboxylic acid groups (broad SMARTS) is 1. The zero-order valence-corrected chi connectivity index (χ0v) is 18.5. The van der Waals surface area contributed by atoms with Crippen molar-refractivity contribution < 1.29 is 66.4 Å². The third-order valence-corrected chi connectivity index (χ3v) is 5.98. The summed E-state index contributed by atoms with van der Waals surface area (Å²) < 4.78 is 0. The Hall–Kier alpha value is -0.0536. The summed E-state index contributed by atoms with van der Waals surface area (Å²) in [5, 5.41) is 22.8. The summed E-state index contributed by atoms with van der Waals surface area (Å²) in [6.07, 6.45) is 1.39. The Balaban J connectivity index is 0.00000225. The average molecular weight is 384 g/mol. The van der Waals surface area contributed by atoms with Crippen LogP contribution in [0, 0.1) is 5.41 Å². The van der Waals surface area contributed by atoms with Crippen LogP contribution in [-0.4, -0.2) is 35.7 Å². The molecule has 6 heteroatoms. The van der Waals surface area contributed by atoms with Gasteiger partial charge in [-0.3, -0.25) is 4.90 Å². The summed E-state index contributed by atoms with van der Waals surface area (Å²) in [5.41, 5.74) is 1.64. The van der Waals surface area contributed by atoms with Gasteiger partial charge in [0.25, 0.3) is 0 Å². The summed E-state index contributed by atoms with van der Waals surface area (Å²) >= 11 is 1.74. The summed E-state index contributed by atoms with van der Waals surface area (Å²) in [5.74, 6) is -1.02. The van der Waals surface area contributed by atoms with Crippen LogP contribution in [0.3, 0.4) is 0 Å². The average Bonchev–Trinajstić information content (AvgIpc) is 3.06. The first-order chi connectivity index (χ1) is 11.6. The van der Waals surface area contributed by atoms with E-state index in [0.29, 0.717) is 19.3 Å². The van der Waals surface area contributed by atoms with Crippen molar-refractivity contribution >= 4 is 17.3 Å². The molecular formula is C19H22KNO3S. The molecule has 4 nitrogen and oxygen atoms in total. The van der Waals surface area contributed by atoms with E-state index in [1.807, 2.05) is 18.2 Å². The molecule has 1 fully saturated rings. The second-order valence-corrected chi connectivity index (χ2v) is 7.41. The van der Waals surface area contributed by atoms with Crippen molar-refractivity contribution in [1.29, 1.82) is 0 Å². The van der Waals surface area contributed by atoms with Crippen molar-refractivity contribution in [1.82, 2.24) is 4.90 Å². The van der Waals surface area contributed by atoms with Gasteiger partial charge in [0.1, 0.15) is 0 Å². The molecule has 1 saturated heterocycles. The molecule has 0 atom stereocenters. The van der Waals surface area contributed by atoms with Gasteiger partial charge in [-0.1, -0.05) is 30.3 Å². The van der Waals surface area contributed by atoms with Crippen molar-refractivity contribution in [3.63, 3.8) is 0 Å². The second-order valence-electron chi connectivity index (χ2n) is 6.50. The second kappa shape index (κ2) is 9.76. The predicted octanol–water partition coefficient (Wildman–Crippen LogP) is -0.866. The fourth-order valence-corrected chi connectivity index (χ4v) is 4.29. The fraction of sp³-hybridized carbons (Fsp3) is 0.421. The van der Waals surface area contributed by atoms with Gasteiger partial charge in [-0.2, -0.15) is 0 Å². The van der Waals surface area contributed by atoms with E-state index in [9.17, 15) is 9.90 Å². The van der Waals surface area contributed by atoms with Gasteiger partial charge in [0, 0.05) is 29.4 Å². The van der Waals surface area contributed by atoms with Crippen LogP contribution in [0.15, 0.2) is 41.8 Å². The molecule has 1 N–H and O–H groups in total. The van der Waals surface area contributed by atoms with Gasteiger partial charge in [0.2, 0.25) is 0 Å². The molecule has 2 aromatic rings. The minimum Gasteiger partial charge on any atom is -0.550 e. The minimum atomic E-state index is -1.02. The molecule has 1 aliphatic heterocycles. The summed E-state index contributed by atoms with van der Waals surface area (Å²) in [6.45, 7) is 2.19. The molecule has 3 rings (SSSR count). The Kier molecular flexibility index (Phi) is 8.29. The molecular weight excluding hydrogens is 361 g/mol. The number of aliphatic hydroxyl groups is 1. The molecule has 0 unspecified atom stereocenters. The number of carbonyl (C=O) groups excluding carboxylic acids is 1. The maximum Gasteiger partial charge on any atom is 1.00 e. The molecule has 25 heavy (non-hydrogen) atoms. The van der Waals surface area contributed by atoms with E-state index < -0.39 is 11.4 Å². The largest absolute Gasteiger partial charge is 1.00 e. The van der Waals surface area contributed by atoms with Crippen LogP contribution in [0.1, 0.15) is 24.8 Å². The molecule has 1 aromatic carbocycles. The van der Waals surface area contributed by atoms with Crippen molar-refractivity contribution in [3.05, 3.63) is 47.3 Å². The smallest absolute Gasteiger partial charge is 0.550 e. The van der Waals surface area contributed by atoms with Crippen LogP contribution in [0.5, 0.6) is 0 Å². The number of hydrogen-bond acceptors (Lipinski definition) is 5. The molecule has 0 saturated carbocycles. The number of aliphatic hydroxyl groups excluding tert-OH is 1. The monoisotopic (exact) mass is 383 g/mol. The summed E-state index contributed by atoms with van der Waals surface area (Å²) in [7, 11) is 0. The summed E-state index contributed by atoms with van der Waals surface area (Å²) in [6, 6.07) is 12.5. The number of rotatable bonds is 6. The number of carbonyl (C=O) groups is 1. The Labute approximate surface area is 195 Å². The minimum absolute atomic E-state index is 0. The third kappa shape index (κ3) is 5.23. The standard InChI is InChI=1S/C19H23NO3S.K/c21-11-8-19(18(22)23)6-9-20(10-7-19)13-15-12-17(24-14-15)16-4-2-1-3-5-16;/h1-5,12,14,21H,6-11,13H2,(H,22,23);/q;+1/p-1. The van der Waals surface area contributed by atoms with Crippen molar-refractivity contribution in [2.75, 3.05) is 19.7 Å². The molecule has 1 aromatic heterocycles. The van der Waals surface area contributed by atoms with Gasteiger partial charge in [-0.05, 0) is 54.9 Å². The molecule has 0 spiro atoms. The van der Waals surface area contributed by atoms with E-state index in [4.69, 9.17) is 5.11 Å². The predicted molar refractivity (Wildman–Crippen MR) is 93.4 cm³/mol. The number of piperidine rings is 1. The molecule has 0 bridgehead atoms. The zero-order valence-electron chi connectivity index (χ0n) is 14.6. The Morgan fingerprint density at radius 1 is 1.24 bits per heavy atom. The van der Waals surface area contributed by atoms with Crippen LogP contribution in [-0.2, 0) is 11.3 Å². The quantitative estimate of drug-likeness (QED) is 0.659. The number of hydrogen-bond donors (Lipinski definition) is 1. The van der Waals surface area contributed by atoms with Gasteiger partial charge < -0.3 is 15.0 Å². The Bertz CT molecular complexity index is 681. The molecule has 0 radical (unpaired) electrons. The number of likely N-dealkylation sites (tertiary alicyclic amines) is 1. The first-order valence-corrected chi connectivity index (χ1v) is 9.18. The van der Waals surface area contributed by atoms with Gasteiger partial charge in [-0.25, -0.2) is 0 Å². The number of aliphatic carboxylic acids is 1. The van der Waals surface area contributed by atoms with Gasteiger partial charge in [0.15, 0.2) is 0 Å². The number of thiophene rings is 1. The van der Waals surface area contributed by atoms with Crippen molar-refractivity contribution in [2.45, 2.75) is 25.8 Å². The van der Waals surface area contributed by atoms with Gasteiger partial charge >= 0.3 is 51.4 Å². The Morgan fingerprint density at radius 2 is 1.92 bits per heavy atom. The van der Waals surface area contributed by atoms with E-state index in [1.54, 1.807) is 11.3 Å². The van der Waals surface area contributed by atoms with E-state index in [1.165, 1.54) is 16.0 Å². The molecule has 2 heterocycles. The van der Waals surface area contributed by atoms with E-state index in [2.05, 4.69) is 28.5 Å². The molecule has 0 amide bonds. The van der Waals surface area contributed by atoms with Crippen LogP contribution in [0.25, 0.3) is 10.4 Å². The topological polar surface area (TPSA) is 63.6 Å². The van der Waals surface area contributed by atoms with E-state index >= 15 is 0 Å². The molecule has 1 aliphatic rings. The molecule has 128 valence electrons. The number of benzene rings is 1.